The van der Waals surface area contributed by atoms with Crippen LogP contribution in [0.4, 0.5) is 5.82 Å². The number of hydrogen-bond donors (Lipinski definition) is 1. The monoisotopic (exact) mass is 206 g/mol. The fourth-order valence-corrected chi connectivity index (χ4v) is 1.44. The van der Waals surface area contributed by atoms with Crippen LogP contribution in [-0.2, 0) is 9.84 Å². The van der Waals surface area contributed by atoms with Gasteiger partial charge in [0.05, 0.1) is 9.92 Å². The van der Waals surface area contributed by atoms with Crippen molar-refractivity contribution >= 4 is 27.3 Å². The van der Waals surface area contributed by atoms with Crippen LogP contribution in [0.5, 0.6) is 0 Å². The highest BCUT2D eigenvalue weighted by Gasteiger charge is 2.09. The summed E-state index contributed by atoms with van der Waals surface area (Å²) in [6, 6.07) is 1.28. The van der Waals surface area contributed by atoms with Crippen molar-refractivity contribution < 1.29 is 8.42 Å². The van der Waals surface area contributed by atoms with E-state index >= 15 is 0 Å². The molecule has 0 fully saturated rings. The van der Waals surface area contributed by atoms with Gasteiger partial charge in [-0.1, -0.05) is 11.6 Å². The van der Waals surface area contributed by atoms with E-state index in [0.29, 0.717) is 0 Å². The van der Waals surface area contributed by atoms with E-state index in [2.05, 4.69) is 4.98 Å². The minimum Gasteiger partial charge on any atom is -0.382 e. The second-order valence-corrected chi connectivity index (χ2v) is 4.73. The zero-order valence-corrected chi connectivity index (χ0v) is 7.85. The Labute approximate surface area is 75.3 Å². The van der Waals surface area contributed by atoms with Crippen LogP contribution in [0.1, 0.15) is 0 Å². The topological polar surface area (TPSA) is 73.0 Å². The van der Waals surface area contributed by atoms with Gasteiger partial charge in [0.25, 0.3) is 0 Å². The number of aromatic nitrogens is 1. The highest BCUT2D eigenvalue weighted by atomic mass is 35.5. The molecule has 1 aromatic heterocycles. The maximum absolute atomic E-state index is 11.0. The Balaban J connectivity index is 3.33. The molecule has 0 spiro atoms. The van der Waals surface area contributed by atoms with Crippen LogP contribution < -0.4 is 5.73 Å². The summed E-state index contributed by atoms with van der Waals surface area (Å²) in [4.78, 5) is 3.68. The number of halogens is 1. The second kappa shape index (κ2) is 2.91. The van der Waals surface area contributed by atoms with Crippen molar-refractivity contribution in [1.82, 2.24) is 4.98 Å². The fourth-order valence-electron chi connectivity index (χ4n) is 0.634. The van der Waals surface area contributed by atoms with Crippen LogP contribution in [0.15, 0.2) is 17.2 Å². The number of pyridine rings is 1. The van der Waals surface area contributed by atoms with E-state index in [1.165, 1.54) is 12.3 Å². The molecule has 6 heteroatoms. The molecular weight excluding hydrogens is 200 g/mol. The van der Waals surface area contributed by atoms with Crippen molar-refractivity contribution in [2.24, 2.45) is 0 Å². The van der Waals surface area contributed by atoms with Gasteiger partial charge in [-0.25, -0.2) is 13.4 Å². The van der Waals surface area contributed by atoms with Gasteiger partial charge < -0.3 is 5.73 Å². The first-order chi connectivity index (χ1) is 5.41. The van der Waals surface area contributed by atoms with Gasteiger partial charge in [-0.2, -0.15) is 0 Å². The van der Waals surface area contributed by atoms with Gasteiger partial charge in [0, 0.05) is 12.5 Å². The van der Waals surface area contributed by atoms with Gasteiger partial charge in [-0.3, -0.25) is 0 Å². The van der Waals surface area contributed by atoms with E-state index in [1.807, 2.05) is 0 Å². The predicted octanol–water partition coefficient (Wildman–Crippen LogP) is 0.721. The summed E-state index contributed by atoms with van der Waals surface area (Å²) in [6.45, 7) is 0. The first kappa shape index (κ1) is 9.28. The maximum Gasteiger partial charge on any atom is 0.177 e. The van der Waals surface area contributed by atoms with Gasteiger partial charge >= 0.3 is 0 Å². The second-order valence-electron chi connectivity index (χ2n) is 2.31. The summed E-state index contributed by atoms with van der Waals surface area (Å²) in [5.74, 6) is 0.129. The Kier molecular flexibility index (Phi) is 2.25. The molecule has 0 saturated carbocycles. The Morgan fingerprint density at radius 2 is 2.17 bits per heavy atom. The summed E-state index contributed by atoms with van der Waals surface area (Å²) >= 11 is 5.57. The van der Waals surface area contributed by atoms with E-state index in [9.17, 15) is 8.42 Å². The maximum atomic E-state index is 11.0. The van der Waals surface area contributed by atoms with Crippen LogP contribution in [0, 0.1) is 0 Å². The smallest absolute Gasteiger partial charge is 0.177 e. The van der Waals surface area contributed by atoms with Gasteiger partial charge in [0.15, 0.2) is 9.84 Å². The van der Waals surface area contributed by atoms with Crippen LogP contribution >= 0.6 is 11.6 Å². The van der Waals surface area contributed by atoms with Gasteiger partial charge in [-0.15, -0.1) is 0 Å². The molecule has 12 heavy (non-hydrogen) atoms. The molecule has 2 N–H and O–H groups in total. The summed E-state index contributed by atoms with van der Waals surface area (Å²) in [5, 5.41) is 0.151. The van der Waals surface area contributed by atoms with E-state index in [1.54, 1.807) is 0 Å². The molecule has 0 aliphatic rings. The zero-order valence-electron chi connectivity index (χ0n) is 6.28. The van der Waals surface area contributed by atoms with Crippen LogP contribution in [-0.4, -0.2) is 19.7 Å². The third kappa shape index (κ3) is 1.86. The Bertz CT molecular complexity index is 402. The Morgan fingerprint density at radius 1 is 1.58 bits per heavy atom. The van der Waals surface area contributed by atoms with Crippen molar-refractivity contribution in [3.05, 3.63) is 17.3 Å². The predicted molar refractivity (Wildman–Crippen MR) is 46.8 cm³/mol. The van der Waals surface area contributed by atoms with Crippen LogP contribution in [0.2, 0.25) is 5.02 Å². The Morgan fingerprint density at radius 3 is 2.58 bits per heavy atom. The minimum absolute atomic E-state index is 0.0710. The zero-order chi connectivity index (χ0) is 9.35. The molecule has 0 aliphatic carbocycles. The van der Waals surface area contributed by atoms with E-state index in [-0.39, 0.29) is 15.7 Å². The van der Waals surface area contributed by atoms with E-state index in [0.717, 1.165) is 6.26 Å². The van der Waals surface area contributed by atoms with Crippen LogP contribution in [0.25, 0.3) is 0 Å². The Hall–Kier alpha value is -0.810. The quantitative estimate of drug-likeness (QED) is 0.735. The van der Waals surface area contributed by atoms with Gasteiger partial charge in [0.2, 0.25) is 0 Å². The first-order valence-electron chi connectivity index (χ1n) is 3.02. The van der Waals surface area contributed by atoms with Crippen molar-refractivity contribution in [2.75, 3.05) is 12.0 Å². The number of anilines is 1. The molecule has 1 rings (SSSR count). The molecule has 0 saturated heterocycles. The normalized spacial score (nSPS) is 11.5. The third-order valence-electron chi connectivity index (χ3n) is 1.27. The van der Waals surface area contributed by atoms with Crippen molar-refractivity contribution in [2.45, 2.75) is 4.90 Å². The van der Waals surface area contributed by atoms with Crippen molar-refractivity contribution in [1.29, 1.82) is 0 Å². The first-order valence-corrected chi connectivity index (χ1v) is 5.29. The number of rotatable bonds is 1. The number of sulfone groups is 1. The molecule has 0 aliphatic heterocycles. The molecule has 0 atom stereocenters. The lowest BCUT2D eigenvalue weighted by Crippen LogP contribution is -1.99. The average molecular weight is 207 g/mol. The van der Waals surface area contributed by atoms with E-state index < -0.39 is 9.84 Å². The SMILES string of the molecule is CS(=O)(=O)c1cnc(N)c(Cl)c1. The summed E-state index contributed by atoms with van der Waals surface area (Å²) in [7, 11) is -3.24. The highest BCUT2D eigenvalue weighted by molar-refractivity contribution is 7.90. The molecule has 0 amide bonds. The average Bonchev–Trinajstić information content (AvgIpc) is 1.92. The molecule has 0 bridgehead atoms. The number of nitrogens with zero attached hydrogens (tertiary/aromatic N) is 1. The summed E-state index contributed by atoms with van der Waals surface area (Å²) in [5.41, 5.74) is 5.29. The largest absolute Gasteiger partial charge is 0.382 e. The number of nitrogen functional groups attached to an aromatic ring is 1. The highest BCUT2D eigenvalue weighted by Crippen LogP contribution is 2.19. The molecule has 66 valence electrons. The fraction of sp³-hybridized carbons (Fsp3) is 0.167. The summed E-state index contributed by atoms with van der Waals surface area (Å²) < 4.78 is 21.9. The molecule has 0 unspecified atom stereocenters. The molecule has 0 radical (unpaired) electrons. The van der Waals surface area contributed by atoms with Gasteiger partial charge in [-0.05, 0) is 6.07 Å². The van der Waals surface area contributed by atoms with E-state index in [4.69, 9.17) is 17.3 Å². The van der Waals surface area contributed by atoms with Crippen molar-refractivity contribution in [3.8, 4) is 0 Å². The standard InChI is InChI=1S/C6H7ClN2O2S/c1-12(10,11)4-2-5(7)6(8)9-3-4/h2-3H,1H3,(H2,8,9). The minimum atomic E-state index is -3.24. The molecule has 4 nitrogen and oxygen atoms in total. The van der Waals surface area contributed by atoms with Gasteiger partial charge in [0.1, 0.15) is 5.82 Å². The lowest BCUT2D eigenvalue weighted by atomic mass is 10.5. The van der Waals surface area contributed by atoms with Crippen molar-refractivity contribution in [3.63, 3.8) is 0 Å². The number of nitrogens with two attached hydrogens (primary N) is 1. The molecule has 1 heterocycles. The lowest BCUT2D eigenvalue weighted by molar-refractivity contribution is 0.601. The molecule has 1 aromatic rings. The summed E-state index contributed by atoms with van der Waals surface area (Å²) in [6.07, 6.45) is 2.26. The molecular formula is C6H7ClN2O2S. The lowest BCUT2D eigenvalue weighted by Gasteiger charge is -1.99. The third-order valence-corrected chi connectivity index (χ3v) is 2.66. The number of hydrogen-bond acceptors (Lipinski definition) is 4. The molecule has 0 aromatic carbocycles. The van der Waals surface area contributed by atoms with Crippen LogP contribution in [0.3, 0.4) is 0 Å².